The lowest BCUT2D eigenvalue weighted by atomic mass is 10.1. The van der Waals surface area contributed by atoms with Crippen LogP contribution in [-0.4, -0.2) is 35.8 Å². The predicted molar refractivity (Wildman–Crippen MR) is 85.2 cm³/mol. The molecule has 0 unspecified atom stereocenters. The van der Waals surface area contributed by atoms with Crippen molar-refractivity contribution in [1.29, 1.82) is 0 Å². The molecule has 0 amide bonds. The zero-order chi connectivity index (χ0) is 18.2. The first-order valence-electron chi connectivity index (χ1n) is 7.39. The molecule has 1 aliphatic carbocycles. The minimum absolute atomic E-state index is 0.0368. The Morgan fingerprint density at radius 1 is 1.28 bits per heavy atom. The van der Waals surface area contributed by atoms with E-state index in [0.29, 0.717) is 5.56 Å². The van der Waals surface area contributed by atoms with Gasteiger partial charge in [0.1, 0.15) is 5.75 Å². The molecule has 0 aliphatic heterocycles. The van der Waals surface area contributed by atoms with E-state index >= 15 is 0 Å². The molecule has 0 bridgehead atoms. The zero-order valence-electron chi connectivity index (χ0n) is 12.8. The molecule has 10 heteroatoms. The van der Waals surface area contributed by atoms with Crippen LogP contribution < -0.4 is 0 Å². The monoisotopic (exact) mass is 390 g/mol. The molecule has 25 heavy (non-hydrogen) atoms. The smallest absolute Gasteiger partial charge is 0.331 e. The summed E-state index contributed by atoms with van der Waals surface area (Å²) in [6.45, 7) is 0. The van der Waals surface area contributed by atoms with E-state index in [1.807, 2.05) is 0 Å². The van der Waals surface area contributed by atoms with E-state index in [1.54, 1.807) is 0 Å². The van der Waals surface area contributed by atoms with Crippen molar-refractivity contribution in [2.75, 3.05) is 11.5 Å². The van der Waals surface area contributed by atoms with Crippen molar-refractivity contribution in [3.05, 3.63) is 35.7 Å². The Hall–Kier alpha value is -1.87. The summed E-state index contributed by atoms with van der Waals surface area (Å²) in [6, 6.07) is 5.61. The number of nitrogens with zero attached hydrogens (tertiary/aromatic N) is 2. The predicted octanol–water partition coefficient (Wildman–Crippen LogP) is 3.03. The summed E-state index contributed by atoms with van der Waals surface area (Å²) >= 11 is 4.80. The lowest BCUT2D eigenvalue weighted by molar-refractivity contribution is 0.0551. The maximum absolute atomic E-state index is 12.9. The topological polar surface area (TPSA) is 90.1 Å². The van der Waals surface area contributed by atoms with Crippen LogP contribution in [0.2, 0.25) is 0 Å². The number of rotatable bonds is 7. The highest BCUT2D eigenvalue weighted by molar-refractivity contribution is 7.92. The maximum atomic E-state index is 12.9. The van der Waals surface area contributed by atoms with Gasteiger partial charge < -0.3 is 4.52 Å². The summed E-state index contributed by atoms with van der Waals surface area (Å²) in [4.78, 5) is 15.6. The van der Waals surface area contributed by atoms with Crippen molar-refractivity contribution in [3.63, 3.8) is 0 Å². The number of alkyl halides is 3. The molecular formula is C15H13ClF2N2O4S. The molecule has 1 aliphatic rings. The number of aromatic nitrogens is 2. The highest BCUT2D eigenvalue weighted by Gasteiger charge is 2.35. The number of ketones is 1. The molecule has 1 heterocycles. The van der Waals surface area contributed by atoms with Gasteiger partial charge in [-0.3, -0.25) is 4.79 Å². The molecule has 134 valence electrons. The largest absolute Gasteiger partial charge is 0.400 e. The number of hydrogen-bond acceptors (Lipinski definition) is 6. The molecular weight excluding hydrogens is 378 g/mol. The van der Waals surface area contributed by atoms with Crippen LogP contribution >= 0.6 is 11.6 Å². The Morgan fingerprint density at radius 2 is 1.92 bits per heavy atom. The summed E-state index contributed by atoms with van der Waals surface area (Å²) in [5.74, 6) is -2.00. The van der Waals surface area contributed by atoms with Gasteiger partial charge in [0.15, 0.2) is 15.6 Å². The third-order valence-electron chi connectivity index (χ3n) is 3.67. The van der Waals surface area contributed by atoms with Gasteiger partial charge in [0, 0.05) is 11.1 Å². The highest BCUT2D eigenvalue weighted by atomic mass is 35.5. The molecule has 3 rings (SSSR count). The van der Waals surface area contributed by atoms with E-state index in [1.165, 1.54) is 24.3 Å². The van der Waals surface area contributed by atoms with Gasteiger partial charge in [0.05, 0.1) is 5.75 Å². The van der Waals surface area contributed by atoms with E-state index in [9.17, 15) is 22.0 Å². The Bertz CT molecular complexity index is 887. The SMILES string of the molecule is O=C(CS(=O)(=O)CC1CC1)c1ccc(-c2noc(C(F)(F)Cl)n2)cc1. The van der Waals surface area contributed by atoms with Gasteiger partial charge in [0.2, 0.25) is 5.82 Å². The lowest BCUT2D eigenvalue weighted by Crippen LogP contribution is -2.20. The fourth-order valence-electron chi connectivity index (χ4n) is 2.25. The van der Waals surface area contributed by atoms with Crippen LogP contribution in [0, 0.1) is 5.92 Å². The highest BCUT2D eigenvalue weighted by Crippen LogP contribution is 2.32. The summed E-state index contributed by atoms with van der Waals surface area (Å²) < 4.78 is 54.0. The fourth-order valence-corrected chi connectivity index (χ4v) is 4.06. The summed E-state index contributed by atoms with van der Waals surface area (Å²) in [7, 11) is -3.43. The van der Waals surface area contributed by atoms with Crippen LogP contribution in [-0.2, 0) is 15.2 Å². The number of sulfone groups is 1. The van der Waals surface area contributed by atoms with Crippen LogP contribution in [0.15, 0.2) is 28.8 Å². The zero-order valence-corrected chi connectivity index (χ0v) is 14.4. The first-order valence-corrected chi connectivity index (χ1v) is 9.59. The molecule has 1 aromatic heterocycles. The van der Waals surface area contributed by atoms with Crippen LogP contribution in [0.1, 0.15) is 29.1 Å². The molecule has 0 spiro atoms. The van der Waals surface area contributed by atoms with Crippen molar-refractivity contribution in [2.45, 2.75) is 18.2 Å². The Labute approximate surface area is 147 Å². The lowest BCUT2D eigenvalue weighted by Gasteiger charge is -2.04. The van der Waals surface area contributed by atoms with Gasteiger partial charge in [0.25, 0.3) is 0 Å². The Kier molecular flexibility index (Phi) is 4.63. The Morgan fingerprint density at radius 3 is 2.44 bits per heavy atom. The first kappa shape index (κ1) is 17.9. The average Bonchev–Trinajstić information content (AvgIpc) is 3.16. The normalized spacial score (nSPS) is 15.3. The number of carbonyl (C=O) groups is 1. The van der Waals surface area contributed by atoms with Crippen LogP contribution in [0.4, 0.5) is 8.78 Å². The van der Waals surface area contributed by atoms with Gasteiger partial charge in [-0.15, -0.1) is 0 Å². The van der Waals surface area contributed by atoms with Crippen molar-refractivity contribution in [2.24, 2.45) is 5.92 Å². The van der Waals surface area contributed by atoms with Crippen LogP contribution in [0.25, 0.3) is 11.4 Å². The van der Waals surface area contributed by atoms with Crippen molar-refractivity contribution in [3.8, 4) is 11.4 Å². The van der Waals surface area contributed by atoms with Gasteiger partial charge in [-0.1, -0.05) is 29.4 Å². The van der Waals surface area contributed by atoms with E-state index in [-0.39, 0.29) is 23.1 Å². The standard InChI is InChI=1S/C15H13ClF2N2O4S/c16-15(17,18)14-19-13(20-24-14)11-5-3-10(4-6-11)12(21)8-25(22,23)7-9-1-2-9/h3-6,9H,1-2,7-8H2. The van der Waals surface area contributed by atoms with E-state index in [2.05, 4.69) is 14.7 Å². The second-order valence-electron chi connectivity index (χ2n) is 5.92. The third-order valence-corrected chi connectivity index (χ3v) is 5.51. The molecule has 0 saturated heterocycles. The molecule has 1 aromatic carbocycles. The van der Waals surface area contributed by atoms with Crippen molar-refractivity contribution < 1.29 is 26.5 Å². The number of hydrogen-bond donors (Lipinski definition) is 0. The van der Waals surface area contributed by atoms with Gasteiger partial charge in [-0.2, -0.15) is 13.8 Å². The molecule has 6 nitrogen and oxygen atoms in total. The summed E-state index contributed by atoms with van der Waals surface area (Å²) in [5, 5.41) is -0.372. The minimum Gasteiger partial charge on any atom is -0.331 e. The number of benzene rings is 1. The quantitative estimate of drug-likeness (QED) is 0.533. The van der Waals surface area contributed by atoms with E-state index < -0.39 is 32.6 Å². The third kappa shape index (κ3) is 4.60. The van der Waals surface area contributed by atoms with Crippen LogP contribution in [0.5, 0.6) is 0 Å². The number of carbonyl (C=O) groups excluding carboxylic acids is 1. The van der Waals surface area contributed by atoms with E-state index in [4.69, 9.17) is 11.6 Å². The second kappa shape index (κ2) is 6.45. The molecule has 2 aromatic rings. The molecule has 1 fully saturated rings. The van der Waals surface area contributed by atoms with Gasteiger partial charge in [-0.25, -0.2) is 8.42 Å². The first-order chi connectivity index (χ1) is 11.6. The van der Waals surface area contributed by atoms with Gasteiger partial charge in [-0.05, 0) is 30.4 Å². The fraction of sp³-hybridized carbons (Fsp3) is 0.400. The van der Waals surface area contributed by atoms with E-state index in [0.717, 1.165) is 12.8 Å². The second-order valence-corrected chi connectivity index (χ2v) is 8.50. The maximum Gasteiger partial charge on any atom is 0.400 e. The number of Topliss-reactive ketones (excluding diaryl/α,β-unsaturated/α-hetero) is 1. The van der Waals surface area contributed by atoms with Gasteiger partial charge >= 0.3 is 11.3 Å². The average molecular weight is 391 g/mol. The summed E-state index contributed by atoms with van der Waals surface area (Å²) in [5.41, 5.74) is 0.530. The molecule has 0 radical (unpaired) electrons. The van der Waals surface area contributed by atoms with Crippen molar-refractivity contribution in [1.82, 2.24) is 10.1 Å². The number of halogens is 3. The minimum atomic E-state index is -3.77. The summed E-state index contributed by atoms with van der Waals surface area (Å²) in [6.07, 6.45) is 1.77. The Balaban J connectivity index is 1.71. The molecule has 0 N–H and O–H groups in total. The molecule has 1 saturated carbocycles. The van der Waals surface area contributed by atoms with Crippen LogP contribution in [0.3, 0.4) is 0 Å². The van der Waals surface area contributed by atoms with Crippen molar-refractivity contribution >= 4 is 27.2 Å². The molecule has 0 atom stereocenters.